The Morgan fingerprint density at radius 3 is 2.95 bits per heavy atom. The zero-order valence-corrected chi connectivity index (χ0v) is 13.1. The number of thiazole rings is 1. The SMILES string of the molecule is CC(C)CNCc1ncn(Cc2nc3ccccc3s2)n1. The fraction of sp³-hybridized carbons (Fsp3) is 0.400. The van der Waals surface area contributed by atoms with Crippen LogP contribution in [-0.4, -0.2) is 26.3 Å². The molecule has 0 bridgehead atoms. The molecule has 6 heteroatoms. The Bertz CT molecular complexity index is 683. The molecule has 2 aromatic heterocycles. The Kier molecular flexibility index (Phi) is 4.26. The van der Waals surface area contributed by atoms with Crippen molar-refractivity contribution < 1.29 is 0 Å². The summed E-state index contributed by atoms with van der Waals surface area (Å²) >= 11 is 1.71. The highest BCUT2D eigenvalue weighted by atomic mass is 32.1. The second kappa shape index (κ2) is 6.32. The van der Waals surface area contributed by atoms with Crippen LogP contribution in [0, 0.1) is 5.92 Å². The van der Waals surface area contributed by atoms with Crippen LogP contribution >= 0.6 is 11.3 Å². The van der Waals surface area contributed by atoms with Crippen molar-refractivity contribution in [2.24, 2.45) is 5.92 Å². The number of fused-ring (bicyclic) bond motifs is 1. The molecular formula is C15H19N5S. The van der Waals surface area contributed by atoms with Gasteiger partial charge >= 0.3 is 0 Å². The van der Waals surface area contributed by atoms with Crippen LogP contribution in [0.2, 0.25) is 0 Å². The van der Waals surface area contributed by atoms with E-state index in [2.05, 4.69) is 40.3 Å². The minimum Gasteiger partial charge on any atom is -0.310 e. The number of nitrogens with one attached hydrogen (secondary N) is 1. The number of hydrogen-bond donors (Lipinski definition) is 1. The van der Waals surface area contributed by atoms with Gasteiger partial charge in [0.15, 0.2) is 5.82 Å². The summed E-state index contributed by atoms with van der Waals surface area (Å²) in [6.45, 7) is 6.74. The summed E-state index contributed by atoms with van der Waals surface area (Å²) in [5.74, 6) is 1.46. The van der Waals surface area contributed by atoms with Crippen LogP contribution in [0.4, 0.5) is 0 Å². The van der Waals surface area contributed by atoms with Gasteiger partial charge < -0.3 is 5.32 Å². The topological polar surface area (TPSA) is 55.6 Å². The van der Waals surface area contributed by atoms with E-state index < -0.39 is 0 Å². The highest BCUT2D eigenvalue weighted by molar-refractivity contribution is 7.18. The molecule has 0 aliphatic heterocycles. The molecule has 0 aliphatic carbocycles. The maximum atomic E-state index is 4.62. The van der Waals surface area contributed by atoms with Crippen LogP contribution in [-0.2, 0) is 13.1 Å². The van der Waals surface area contributed by atoms with E-state index in [1.54, 1.807) is 17.7 Å². The highest BCUT2D eigenvalue weighted by Crippen LogP contribution is 2.21. The summed E-state index contributed by atoms with van der Waals surface area (Å²) in [5, 5.41) is 8.89. The van der Waals surface area contributed by atoms with Gasteiger partial charge in [0.2, 0.25) is 0 Å². The van der Waals surface area contributed by atoms with Crippen LogP contribution in [0.25, 0.3) is 10.2 Å². The standard InChI is InChI=1S/C15H19N5S/c1-11(2)7-16-8-14-17-10-20(19-14)9-15-18-12-5-3-4-6-13(12)21-15/h3-6,10-11,16H,7-9H2,1-2H3. The number of aromatic nitrogens is 4. The van der Waals surface area contributed by atoms with Crippen molar-refractivity contribution in [3.8, 4) is 0 Å². The summed E-state index contributed by atoms with van der Waals surface area (Å²) in [6.07, 6.45) is 1.78. The number of benzene rings is 1. The number of nitrogens with zero attached hydrogens (tertiary/aromatic N) is 4. The number of para-hydroxylation sites is 1. The quantitative estimate of drug-likeness (QED) is 0.760. The van der Waals surface area contributed by atoms with E-state index in [0.717, 1.165) is 22.9 Å². The van der Waals surface area contributed by atoms with Crippen LogP contribution in [0.3, 0.4) is 0 Å². The normalized spacial score (nSPS) is 11.6. The summed E-state index contributed by atoms with van der Waals surface area (Å²) in [6, 6.07) is 8.19. The molecule has 0 saturated heterocycles. The van der Waals surface area contributed by atoms with E-state index in [-0.39, 0.29) is 0 Å². The van der Waals surface area contributed by atoms with Gasteiger partial charge in [-0.3, -0.25) is 0 Å². The van der Waals surface area contributed by atoms with E-state index in [1.807, 2.05) is 22.9 Å². The Morgan fingerprint density at radius 1 is 1.29 bits per heavy atom. The lowest BCUT2D eigenvalue weighted by atomic mass is 10.2. The summed E-state index contributed by atoms with van der Waals surface area (Å²) in [4.78, 5) is 8.95. The number of rotatable bonds is 6. The molecule has 1 N–H and O–H groups in total. The Hall–Kier alpha value is -1.79. The van der Waals surface area contributed by atoms with Gasteiger partial charge in [0.1, 0.15) is 11.3 Å². The largest absolute Gasteiger partial charge is 0.310 e. The van der Waals surface area contributed by atoms with E-state index in [0.29, 0.717) is 19.0 Å². The zero-order valence-electron chi connectivity index (χ0n) is 12.3. The van der Waals surface area contributed by atoms with Crippen molar-refractivity contribution in [1.82, 2.24) is 25.1 Å². The molecule has 0 atom stereocenters. The van der Waals surface area contributed by atoms with Gasteiger partial charge in [0.25, 0.3) is 0 Å². The molecule has 0 amide bonds. The van der Waals surface area contributed by atoms with Gasteiger partial charge in [-0.25, -0.2) is 14.6 Å². The zero-order chi connectivity index (χ0) is 14.7. The minimum absolute atomic E-state index is 0.634. The Morgan fingerprint density at radius 2 is 2.14 bits per heavy atom. The van der Waals surface area contributed by atoms with Crippen LogP contribution < -0.4 is 5.32 Å². The van der Waals surface area contributed by atoms with Crippen molar-refractivity contribution in [2.45, 2.75) is 26.9 Å². The van der Waals surface area contributed by atoms with Gasteiger partial charge in [-0.15, -0.1) is 11.3 Å². The molecule has 0 aliphatic rings. The monoisotopic (exact) mass is 301 g/mol. The predicted molar refractivity (Wildman–Crippen MR) is 85.3 cm³/mol. The van der Waals surface area contributed by atoms with Crippen LogP contribution in [0.5, 0.6) is 0 Å². The van der Waals surface area contributed by atoms with E-state index >= 15 is 0 Å². The molecule has 21 heavy (non-hydrogen) atoms. The third-order valence-corrected chi connectivity index (χ3v) is 4.08. The smallest absolute Gasteiger partial charge is 0.164 e. The van der Waals surface area contributed by atoms with E-state index in [1.165, 1.54) is 4.70 Å². The molecule has 110 valence electrons. The second-order valence-corrected chi connectivity index (χ2v) is 6.57. The first-order valence-corrected chi connectivity index (χ1v) is 7.96. The summed E-state index contributed by atoms with van der Waals surface area (Å²) < 4.78 is 3.07. The second-order valence-electron chi connectivity index (χ2n) is 5.46. The van der Waals surface area contributed by atoms with Crippen LogP contribution in [0.15, 0.2) is 30.6 Å². The molecule has 1 aromatic carbocycles. The van der Waals surface area contributed by atoms with Gasteiger partial charge in [0, 0.05) is 0 Å². The summed E-state index contributed by atoms with van der Waals surface area (Å²) in [5.41, 5.74) is 1.05. The number of hydrogen-bond acceptors (Lipinski definition) is 5. The molecule has 3 aromatic rings. The van der Waals surface area contributed by atoms with Crippen molar-refractivity contribution in [1.29, 1.82) is 0 Å². The van der Waals surface area contributed by atoms with E-state index in [4.69, 9.17) is 0 Å². The Balaban J connectivity index is 1.63. The molecule has 5 nitrogen and oxygen atoms in total. The average Bonchev–Trinajstić information content (AvgIpc) is 3.04. The maximum Gasteiger partial charge on any atom is 0.164 e. The van der Waals surface area contributed by atoms with Gasteiger partial charge in [-0.1, -0.05) is 26.0 Å². The van der Waals surface area contributed by atoms with Gasteiger partial charge in [-0.05, 0) is 24.6 Å². The first-order valence-electron chi connectivity index (χ1n) is 7.14. The van der Waals surface area contributed by atoms with E-state index in [9.17, 15) is 0 Å². The molecule has 0 unspecified atom stereocenters. The molecule has 0 saturated carbocycles. The first kappa shape index (κ1) is 14.2. The van der Waals surface area contributed by atoms with Crippen molar-refractivity contribution in [2.75, 3.05) is 6.54 Å². The lowest BCUT2D eigenvalue weighted by Crippen LogP contribution is -2.19. The maximum absolute atomic E-state index is 4.62. The molecule has 2 heterocycles. The van der Waals surface area contributed by atoms with Crippen molar-refractivity contribution in [3.05, 3.63) is 41.4 Å². The van der Waals surface area contributed by atoms with Gasteiger partial charge in [0.05, 0.1) is 23.3 Å². The van der Waals surface area contributed by atoms with Crippen LogP contribution in [0.1, 0.15) is 24.7 Å². The molecular weight excluding hydrogens is 282 g/mol. The Labute approximate surface area is 128 Å². The van der Waals surface area contributed by atoms with Gasteiger partial charge in [-0.2, -0.15) is 5.10 Å². The third kappa shape index (κ3) is 3.65. The lowest BCUT2D eigenvalue weighted by molar-refractivity contribution is 0.539. The lowest BCUT2D eigenvalue weighted by Gasteiger charge is -2.04. The average molecular weight is 301 g/mol. The third-order valence-electron chi connectivity index (χ3n) is 3.06. The fourth-order valence-corrected chi connectivity index (χ4v) is 3.05. The van der Waals surface area contributed by atoms with Crippen molar-refractivity contribution in [3.63, 3.8) is 0 Å². The van der Waals surface area contributed by atoms with Crippen molar-refractivity contribution >= 4 is 21.6 Å². The minimum atomic E-state index is 0.634. The molecule has 0 radical (unpaired) electrons. The molecule has 0 spiro atoms. The molecule has 0 fully saturated rings. The fourth-order valence-electron chi connectivity index (χ4n) is 2.09. The predicted octanol–water partition coefficient (Wildman–Crippen LogP) is 2.68. The molecule has 3 rings (SSSR count). The highest BCUT2D eigenvalue weighted by Gasteiger charge is 2.06. The summed E-state index contributed by atoms with van der Waals surface area (Å²) in [7, 11) is 0. The first-order chi connectivity index (χ1) is 10.2.